The quantitative estimate of drug-likeness (QED) is 0.686. The van der Waals surface area contributed by atoms with E-state index in [1.54, 1.807) is 7.11 Å². The number of hydrogen-bond acceptors (Lipinski definition) is 4. The van der Waals surface area contributed by atoms with Crippen molar-refractivity contribution in [2.24, 2.45) is 70.5 Å². The second-order valence-corrected chi connectivity index (χ2v) is 10.9. The van der Waals surface area contributed by atoms with Crippen LogP contribution in [-0.4, -0.2) is 31.1 Å². The van der Waals surface area contributed by atoms with Crippen LogP contribution in [0.5, 0.6) is 0 Å². The molecule has 0 amide bonds. The standard InChI is InChI=1S/C21H24O4/c1-23-19(22)20-16-7-3-5-8-10(7)13-15(16)14-12-6-2-4-9(11(6)17(14)20)25-21(20,24-8)18(12)13/h6-18H,2-5H2,1H3/t6-,7-,8-,9-,10-,11-,12+,13-,14-,15-,16-,17+,18+,20+,21-/m1/s1. The Hall–Kier alpha value is -0.610. The predicted molar refractivity (Wildman–Crippen MR) is 83.8 cm³/mol. The van der Waals surface area contributed by atoms with Gasteiger partial charge in [0.25, 0.3) is 0 Å². The van der Waals surface area contributed by atoms with Gasteiger partial charge in [0, 0.05) is 5.92 Å². The van der Waals surface area contributed by atoms with Crippen LogP contribution in [0.3, 0.4) is 0 Å². The van der Waals surface area contributed by atoms with Crippen LogP contribution >= 0.6 is 0 Å². The Kier molecular flexibility index (Phi) is 1.64. The molecule has 4 nitrogen and oxygen atoms in total. The number of ether oxygens (including phenoxy) is 3. The van der Waals surface area contributed by atoms with Crippen LogP contribution < -0.4 is 0 Å². The fraction of sp³-hybridized carbons (Fsp3) is 0.952. The number of hydrogen-bond donors (Lipinski definition) is 0. The molecule has 4 heteroatoms. The smallest absolute Gasteiger partial charge is 0.317 e. The summed E-state index contributed by atoms with van der Waals surface area (Å²) in [5.74, 6) is 6.98. The maximum atomic E-state index is 13.6. The monoisotopic (exact) mass is 340 g/mol. The first-order valence-electron chi connectivity index (χ1n) is 10.7. The lowest BCUT2D eigenvalue weighted by molar-refractivity contribution is -0.420. The Morgan fingerprint density at radius 2 is 1.48 bits per heavy atom. The summed E-state index contributed by atoms with van der Waals surface area (Å²) >= 11 is 0. The van der Waals surface area contributed by atoms with E-state index >= 15 is 0 Å². The lowest BCUT2D eigenvalue weighted by Crippen LogP contribution is -2.75. The van der Waals surface area contributed by atoms with Gasteiger partial charge in [-0.2, -0.15) is 0 Å². The molecule has 10 rings (SSSR count). The topological polar surface area (TPSA) is 44.8 Å². The molecule has 0 aromatic rings. The van der Waals surface area contributed by atoms with Gasteiger partial charge in [-0.1, -0.05) is 0 Å². The maximum absolute atomic E-state index is 13.6. The van der Waals surface area contributed by atoms with Crippen LogP contribution in [-0.2, 0) is 19.0 Å². The lowest BCUT2D eigenvalue weighted by Gasteiger charge is -2.64. The van der Waals surface area contributed by atoms with Crippen molar-refractivity contribution in [3.8, 4) is 0 Å². The number of esters is 1. The summed E-state index contributed by atoms with van der Waals surface area (Å²) in [7, 11) is 1.60. The third-order valence-corrected chi connectivity index (χ3v) is 11.5. The van der Waals surface area contributed by atoms with E-state index in [9.17, 15) is 4.79 Å². The predicted octanol–water partition coefficient (Wildman–Crippen LogP) is 2.07. The molecule has 0 radical (unpaired) electrons. The van der Waals surface area contributed by atoms with Gasteiger partial charge in [0.1, 0.15) is 5.41 Å². The largest absolute Gasteiger partial charge is 0.468 e. The molecule has 0 aromatic heterocycles. The van der Waals surface area contributed by atoms with Gasteiger partial charge >= 0.3 is 5.97 Å². The van der Waals surface area contributed by atoms with E-state index < -0.39 is 11.2 Å². The highest BCUT2D eigenvalue weighted by atomic mass is 16.7. The minimum atomic E-state index is -0.610. The molecule has 0 unspecified atom stereocenters. The zero-order valence-corrected chi connectivity index (χ0v) is 14.5. The maximum Gasteiger partial charge on any atom is 0.317 e. The second-order valence-electron chi connectivity index (χ2n) is 10.9. The van der Waals surface area contributed by atoms with Crippen molar-refractivity contribution in [1.29, 1.82) is 0 Å². The molecule has 8 aliphatic carbocycles. The highest BCUT2D eigenvalue weighted by Gasteiger charge is 2.99. The van der Waals surface area contributed by atoms with Gasteiger partial charge in [-0.05, 0) is 84.9 Å². The molecule has 25 heavy (non-hydrogen) atoms. The van der Waals surface area contributed by atoms with Crippen molar-refractivity contribution in [3.63, 3.8) is 0 Å². The summed E-state index contributed by atoms with van der Waals surface area (Å²) in [5.41, 5.74) is -0.455. The zero-order chi connectivity index (χ0) is 16.0. The summed E-state index contributed by atoms with van der Waals surface area (Å²) in [4.78, 5) is 13.6. The molecule has 0 aromatic carbocycles. The molecule has 2 heterocycles. The van der Waals surface area contributed by atoms with Crippen LogP contribution in [0.4, 0.5) is 0 Å². The number of carbonyl (C=O) groups is 1. The molecule has 10 aliphatic rings. The van der Waals surface area contributed by atoms with Gasteiger partial charge in [0.2, 0.25) is 0 Å². The average Bonchev–Trinajstić information content (AvgIpc) is 3.32. The van der Waals surface area contributed by atoms with E-state index in [1.165, 1.54) is 25.7 Å². The Labute approximate surface area is 146 Å². The van der Waals surface area contributed by atoms with Gasteiger partial charge in [-0.15, -0.1) is 0 Å². The molecule has 9 bridgehead atoms. The van der Waals surface area contributed by atoms with Crippen LogP contribution in [0, 0.1) is 70.5 Å². The Morgan fingerprint density at radius 1 is 0.800 bits per heavy atom. The lowest BCUT2D eigenvalue weighted by atomic mass is 9.51. The normalized spacial score (nSPS) is 78.5. The van der Waals surface area contributed by atoms with Crippen molar-refractivity contribution in [3.05, 3.63) is 0 Å². The van der Waals surface area contributed by atoms with E-state index in [2.05, 4.69) is 0 Å². The highest BCUT2D eigenvalue weighted by Crippen LogP contribution is 2.94. The van der Waals surface area contributed by atoms with Gasteiger partial charge in [-0.25, -0.2) is 0 Å². The molecule has 132 valence electrons. The molecule has 1 spiro atoms. The number of rotatable bonds is 1. The summed E-state index contributed by atoms with van der Waals surface area (Å²) in [6.45, 7) is 0. The Bertz CT molecular complexity index is 772. The van der Waals surface area contributed by atoms with E-state index in [0.29, 0.717) is 41.8 Å². The first-order valence-corrected chi connectivity index (χ1v) is 10.7. The SMILES string of the molecule is COC(=O)[C@]12[C@@H]3[C@H]4[C@H]5[C@H]6[C@@H]7[C@@H](CC[C@H]7O[C@]17O[C@@H]1CC[C@@H]([C@@H]4[C@@H]67)[C@@H]31)[C@H]52. The van der Waals surface area contributed by atoms with Gasteiger partial charge in [0.05, 0.1) is 19.3 Å². The van der Waals surface area contributed by atoms with Crippen LogP contribution in [0.1, 0.15) is 25.7 Å². The van der Waals surface area contributed by atoms with Gasteiger partial charge in [0.15, 0.2) is 5.79 Å². The molecule has 10 fully saturated rings. The van der Waals surface area contributed by atoms with Crippen molar-refractivity contribution in [1.82, 2.24) is 0 Å². The molecule has 0 N–H and O–H groups in total. The van der Waals surface area contributed by atoms with Crippen LogP contribution in [0.25, 0.3) is 0 Å². The van der Waals surface area contributed by atoms with E-state index in [1.807, 2.05) is 0 Å². The Balaban J connectivity index is 1.45. The second kappa shape index (κ2) is 3.22. The molecular formula is C21H24O4. The minimum absolute atomic E-state index is 0.0381. The molecule has 15 atom stereocenters. The summed E-state index contributed by atoms with van der Waals surface area (Å²) in [6, 6.07) is 0. The van der Waals surface area contributed by atoms with E-state index in [-0.39, 0.29) is 5.97 Å². The third kappa shape index (κ3) is 0.818. The third-order valence-electron chi connectivity index (χ3n) is 11.5. The first kappa shape index (κ1) is 12.7. The Morgan fingerprint density at radius 3 is 2.28 bits per heavy atom. The molecular weight excluding hydrogens is 316 g/mol. The van der Waals surface area contributed by atoms with Crippen molar-refractivity contribution >= 4 is 5.97 Å². The van der Waals surface area contributed by atoms with E-state index in [0.717, 1.165) is 35.5 Å². The van der Waals surface area contributed by atoms with Crippen LogP contribution in [0.2, 0.25) is 0 Å². The van der Waals surface area contributed by atoms with Gasteiger partial charge < -0.3 is 14.2 Å². The van der Waals surface area contributed by atoms with Crippen molar-refractivity contribution in [2.75, 3.05) is 7.11 Å². The fourth-order valence-corrected chi connectivity index (χ4v) is 12.1. The molecule has 8 saturated carbocycles. The van der Waals surface area contributed by atoms with Crippen molar-refractivity contribution in [2.45, 2.75) is 43.7 Å². The number of methoxy groups -OCH3 is 1. The first-order chi connectivity index (χ1) is 12.3. The summed E-state index contributed by atoms with van der Waals surface area (Å²) < 4.78 is 19.6. The summed E-state index contributed by atoms with van der Waals surface area (Å²) in [5, 5.41) is 0. The van der Waals surface area contributed by atoms with Crippen LogP contribution in [0.15, 0.2) is 0 Å². The zero-order valence-electron chi connectivity index (χ0n) is 14.5. The average molecular weight is 340 g/mol. The molecule has 2 saturated heterocycles. The highest BCUT2D eigenvalue weighted by molar-refractivity contribution is 5.82. The van der Waals surface area contributed by atoms with Gasteiger partial charge in [-0.3, -0.25) is 4.79 Å². The molecule has 2 aliphatic heterocycles. The fourth-order valence-electron chi connectivity index (χ4n) is 12.1. The summed E-state index contributed by atoms with van der Waals surface area (Å²) in [6.07, 6.45) is 5.71. The van der Waals surface area contributed by atoms with E-state index in [4.69, 9.17) is 14.2 Å². The number of carbonyl (C=O) groups excluding carboxylic acids is 1. The van der Waals surface area contributed by atoms with Crippen molar-refractivity contribution < 1.29 is 19.0 Å². The minimum Gasteiger partial charge on any atom is -0.468 e.